The van der Waals surface area contributed by atoms with Crippen LogP contribution < -0.4 is 11.1 Å². The molecule has 1 aliphatic carbocycles. The van der Waals surface area contributed by atoms with Crippen LogP contribution >= 0.6 is 11.6 Å². The summed E-state index contributed by atoms with van der Waals surface area (Å²) >= 11 is 5.85. The van der Waals surface area contributed by atoms with Crippen molar-refractivity contribution in [1.29, 1.82) is 0 Å². The van der Waals surface area contributed by atoms with Crippen LogP contribution in [0, 0.1) is 11.7 Å². The van der Waals surface area contributed by atoms with E-state index in [1.165, 1.54) is 18.2 Å². The lowest BCUT2D eigenvalue weighted by atomic mass is 10.1. The van der Waals surface area contributed by atoms with E-state index in [0.717, 1.165) is 0 Å². The summed E-state index contributed by atoms with van der Waals surface area (Å²) in [4.78, 5) is 11.8. The molecule has 1 aromatic carbocycles. The third-order valence-corrected chi connectivity index (χ3v) is 2.97. The van der Waals surface area contributed by atoms with Crippen LogP contribution in [0.4, 0.5) is 10.1 Å². The van der Waals surface area contributed by atoms with Gasteiger partial charge in [0.15, 0.2) is 0 Å². The Kier molecular flexibility index (Phi) is 3.45. The standard InChI is InChI=1S/C12H12ClFN2O/c13-10-4-2-8(14)6-11(10)16-12(17)7-1-3-9(15)5-7/h1-4,6-7,9H,5,15H2,(H,16,17). The fourth-order valence-corrected chi connectivity index (χ4v) is 1.91. The number of rotatable bonds is 2. The first-order valence-electron chi connectivity index (χ1n) is 5.26. The topological polar surface area (TPSA) is 55.1 Å². The van der Waals surface area contributed by atoms with Crippen LogP contribution in [0.25, 0.3) is 0 Å². The monoisotopic (exact) mass is 254 g/mol. The van der Waals surface area contributed by atoms with Crippen LogP contribution in [-0.2, 0) is 4.79 Å². The van der Waals surface area contributed by atoms with Crippen molar-refractivity contribution in [1.82, 2.24) is 0 Å². The predicted molar refractivity (Wildman–Crippen MR) is 65.3 cm³/mol. The Morgan fingerprint density at radius 1 is 1.47 bits per heavy atom. The van der Waals surface area contributed by atoms with Crippen LogP contribution in [0.1, 0.15) is 6.42 Å². The number of benzene rings is 1. The molecule has 0 aliphatic heterocycles. The molecular weight excluding hydrogens is 243 g/mol. The first kappa shape index (κ1) is 12.1. The third kappa shape index (κ3) is 2.84. The molecule has 2 rings (SSSR count). The summed E-state index contributed by atoms with van der Waals surface area (Å²) in [5.74, 6) is -0.936. The molecule has 1 aliphatic rings. The second kappa shape index (κ2) is 4.85. The molecular formula is C12H12ClFN2O. The summed E-state index contributed by atoms with van der Waals surface area (Å²) in [7, 11) is 0. The summed E-state index contributed by atoms with van der Waals surface area (Å²) in [5, 5.41) is 2.91. The highest BCUT2D eigenvalue weighted by atomic mass is 35.5. The van der Waals surface area contributed by atoms with Gasteiger partial charge >= 0.3 is 0 Å². The molecule has 0 heterocycles. The maximum atomic E-state index is 13.0. The third-order valence-electron chi connectivity index (χ3n) is 2.64. The Morgan fingerprint density at radius 3 is 2.88 bits per heavy atom. The van der Waals surface area contributed by atoms with Crippen molar-refractivity contribution < 1.29 is 9.18 Å². The molecule has 0 saturated heterocycles. The molecule has 0 fully saturated rings. The molecule has 1 aromatic rings. The number of hydrogen-bond acceptors (Lipinski definition) is 2. The van der Waals surface area contributed by atoms with Gasteiger partial charge in [0.25, 0.3) is 0 Å². The van der Waals surface area contributed by atoms with Crippen LogP contribution in [0.2, 0.25) is 5.02 Å². The number of nitrogens with two attached hydrogens (primary N) is 1. The number of carbonyl (C=O) groups is 1. The quantitative estimate of drug-likeness (QED) is 0.796. The minimum absolute atomic E-state index is 0.0891. The minimum atomic E-state index is -0.441. The zero-order valence-electron chi connectivity index (χ0n) is 8.99. The van der Waals surface area contributed by atoms with Gasteiger partial charge in [0.2, 0.25) is 5.91 Å². The highest BCUT2D eigenvalue weighted by Gasteiger charge is 2.23. The van der Waals surface area contributed by atoms with E-state index in [2.05, 4.69) is 5.32 Å². The maximum absolute atomic E-state index is 13.0. The number of hydrogen-bond donors (Lipinski definition) is 2. The molecule has 1 amide bonds. The van der Waals surface area contributed by atoms with Gasteiger partial charge in [-0.2, -0.15) is 0 Å². The van der Waals surface area contributed by atoms with E-state index in [4.69, 9.17) is 17.3 Å². The molecule has 3 nitrogen and oxygen atoms in total. The zero-order valence-corrected chi connectivity index (χ0v) is 9.75. The van der Waals surface area contributed by atoms with E-state index < -0.39 is 5.82 Å². The number of halogens is 2. The summed E-state index contributed by atoms with van der Waals surface area (Å²) in [6.45, 7) is 0. The van der Waals surface area contributed by atoms with Gasteiger partial charge in [-0.1, -0.05) is 23.8 Å². The van der Waals surface area contributed by atoms with E-state index >= 15 is 0 Å². The number of nitrogens with one attached hydrogen (secondary N) is 1. The van der Waals surface area contributed by atoms with E-state index in [0.29, 0.717) is 11.4 Å². The van der Waals surface area contributed by atoms with Gasteiger partial charge in [0.1, 0.15) is 5.82 Å². The highest BCUT2D eigenvalue weighted by molar-refractivity contribution is 6.33. The van der Waals surface area contributed by atoms with Crippen LogP contribution in [0.5, 0.6) is 0 Å². The molecule has 0 saturated carbocycles. The Hall–Kier alpha value is -1.39. The average molecular weight is 255 g/mol. The van der Waals surface area contributed by atoms with E-state index in [9.17, 15) is 9.18 Å². The summed E-state index contributed by atoms with van der Waals surface area (Å²) in [6, 6.07) is 3.75. The number of carbonyl (C=O) groups excluding carboxylic acids is 1. The van der Waals surface area contributed by atoms with Crippen molar-refractivity contribution in [2.24, 2.45) is 11.7 Å². The lowest BCUT2D eigenvalue weighted by Crippen LogP contribution is -2.24. The molecule has 0 bridgehead atoms. The summed E-state index contributed by atoms with van der Waals surface area (Å²) in [6.07, 6.45) is 4.11. The first-order valence-corrected chi connectivity index (χ1v) is 5.64. The van der Waals surface area contributed by atoms with Gasteiger partial charge in [-0.15, -0.1) is 0 Å². The molecule has 2 atom stereocenters. The average Bonchev–Trinajstić information content (AvgIpc) is 2.70. The van der Waals surface area contributed by atoms with Crippen molar-refractivity contribution in [2.75, 3.05) is 5.32 Å². The molecule has 5 heteroatoms. The van der Waals surface area contributed by atoms with Gasteiger partial charge in [0, 0.05) is 6.04 Å². The van der Waals surface area contributed by atoms with Crippen molar-refractivity contribution in [3.8, 4) is 0 Å². The second-order valence-corrected chi connectivity index (χ2v) is 4.41. The largest absolute Gasteiger partial charge is 0.324 e. The Balaban J connectivity index is 2.08. The van der Waals surface area contributed by atoms with Gasteiger partial charge in [0.05, 0.1) is 16.6 Å². The van der Waals surface area contributed by atoms with Gasteiger partial charge in [-0.25, -0.2) is 4.39 Å². The zero-order chi connectivity index (χ0) is 12.4. The second-order valence-electron chi connectivity index (χ2n) is 4.00. The molecule has 90 valence electrons. The summed E-state index contributed by atoms with van der Waals surface area (Å²) < 4.78 is 13.0. The minimum Gasteiger partial charge on any atom is -0.324 e. The maximum Gasteiger partial charge on any atom is 0.231 e. The Morgan fingerprint density at radius 2 is 2.24 bits per heavy atom. The lowest BCUT2D eigenvalue weighted by Gasteiger charge is -2.11. The first-order chi connectivity index (χ1) is 8.06. The fourth-order valence-electron chi connectivity index (χ4n) is 1.74. The molecule has 3 N–H and O–H groups in total. The van der Waals surface area contributed by atoms with Gasteiger partial charge in [-0.3, -0.25) is 4.79 Å². The Labute approximate surface area is 103 Å². The van der Waals surface area contributed by atoms with Crippen LogP contribution in [0.15, 0.2) is 30.4 Å². The SMILES string of the molecule is NC1C=CC(C(=O)Nc2cc(F)ccc2Cl)C1. The highest BCUT2D eigenvalue weighted by Crippen LogP contribution is 2.24. The molecule has 17 heavy (non-hydrogen) atoms. The normalized spacial score (nSPS) is 22.8. The lowest BCUT2D eigenvalue weighted by molar-refractivity contribution is -0.118. The number of amides is 1. The van der Waals surface area contributed by atoms with Crippen molar-refractivity contribution in [3.63, 3.8) is 0 Å². The smallest absolute Gasteiger partial charge is 0.231 e. The predicted octanol–water partition coefficient (Wildman–Crippen LogP) is 2.32. The summed E-state index contributed by atoms with van der Waals surface area (Å²) in [5.41, 5.74) is 5.94. The van der Waals surface area contributed by atoms with Crippen molar-refractivity contribution in [3.05, 3.63) is 41.2 Å². The van der Waals surface area contributed by atoms with E-state index in [1.54, 1.807) is 12.2 Å². The van der Waals surface area contributed by atoms with Gasteiger partial charge in [-0.05, 0) is 24.6 Å². The van der Waals surface area contributed by atoms with Gasteiger partial charge < -0.3 is 11.1 Å². The number of anilines is 1. The van der Waals surface area contributed by atoms with Crippen molar-refractivity contribution in [2.45, 2.75) is 12.5 Å². The van der Waals surface area contributed by atoms with Crippen molar-refractivity contribution >= 4 is 23.2 Å². The molecule has 2 unspecified atom stereocenters. The fraction of sp³-hybridized carbons (Fsp3) is 0.250. The van der Waals surface area contributed by atoms with E-state index in [1.807, 2.05) is 0 Å². The molecule has 0 aromatic heterocycles. The van der Waals surface area contributed by atoms with Crippen LogP contribution in [0.3, 0.4) is 0 Å². The molecule has 0 radical (unpaired) electrons. The van der Waals surface area contributed by atoms with E-state index in [-0.39, 0.29) is 23.6 Å². The van der Waals surface area contributed by atoms with Crippen LogP contribution in [-0.4, -0.2) is 11.9 Å². The Bertz CT molecular complexity index is 476. The molecule has 0 spiro atoms.